The van der Waals surface area contributed by atoms with E-state index in [9.17, 15) is 14.4 Å². The van der Waals surface area contributed by atoms with Gasteiger partial charge < -0.3 is 28.4 Å². The van der Waals surface area contributed by atoms with Gasteiger partial charge in [0.1, 0.15) is 34.5 Å². The molecule has 0 aliphatic carbocycles. The molecule has 0 N–H and O–H groups in total. The summed E-state index contributed by atoms with van der Waals surface area (Å²) in [5.41, 5.74) is 2.81. The van der Waals surface area contributed by atoms with E-state index in [2.05, 4.69) is 33.9 Å². The summed E-state index contributed by atoms with van der Waals surface area (Å²) in [5.74, 6) is 1.86. The summed E-state index contributed by atoms with van der Waals surface area (Å²) in [4.78, 5) is 54.3. The van der Waals surface area contributed by atoms with Crippen LogP contribution in [0.2, 0.25) is 0 Å². The van der Waals surface area contributed by atoms with Crippen LogP contribution in [-0.2, 0) is 14.4 Å². The first kappa shape index (κ1) is 51.2. The Morgan fingerprint density at radius 1 is 0.508 bits per heavy atom. The molecule has 0 amide bonds. The van der Waals surface area contributed by atoms with Gasteiger partial charge in [0.25, 0.3) is 0 Å². The summed E-state index contributed by atoms with van der Waals surface area (Å²) >= 11 is 0. The fourth-order valence-electron chi connectivity index (χ4n) is 6.76. The first-order valence-corrected chi connectivity index (χ1v) is 22.8. The lowest BCUT2D eigenvalue weighted by Gasteiger charge is -2.19. The predicted octanol–water partition coefficient (Wildman–Crippen LogP) is 12.2. The molecule has 12 nitrogen and oxygen atoms in total. The van der Waals surface area contributed by atoms with E-state index in [-0.39, 0.29) is 51.4 Å². The molecule has 0 saturated carbocycles. The average Bonchev–Trinajstić information content (AvgIpc) is 3.29. The van der Waals surface area contributed by atoms with E-state index in [1.807, 2.05) is 5.92 Å². The maximum absolute atomic E-state index is 13.3. The number of aromatic nitrogens is 3. The molecule has 0 aliphatic rings. The molecule has 1 heterocycles. The van der Waals surface area contributed by atoms with E-state index in [4.69, 9.17) is 49.8 Å². The van der Waals surface area contributed by atoms with E-state index < -0.39 is 17.9 Å². The van der Waals surface area contributed by atoms with Gasteiger partial charge in [0.2, 0.25) is 0 Å². The standard InChI is InChI=1S/C53H65N3O9/c1-12-16-19-22-31-60-42-28-25-39(46(36(42)9)63-45(57)15-4)49-54-50(40-26-29-43(61-32-23-20-17-13-2)37(10)47(40)64-52(58)34(5)6)56-51(55-49)41-27-30-44(62-33-24-21-18-14-3)38(11)48(41)65-53(59)35(7)8/h4,25-30H,5,7,12-14,16-24,31-33H2,1-3,6,8-11H3. The molecule has 0 unspecified atom stereocenters. The second kappa shape index (κ2) is 25.7. The third-order valence-electron chi connectivity index (χ3n) is 10.6. The number of hydrogen-bond donors (Lipinski definition) is 0. The van der Waals surface area contributed by atoms with Crippen molar-refractivity contribution in [1.29, 1.82) is 0 Å². The van der Waals surface area contributed by atoms with E-state index in [1.165, 1.54) is 0 Å². The monoisotopic (exact) mass is 887 g/mol. The molecular formula is C53H65N3O9. The van der Waals surface area contributed by atoms with Crippen LogP contribution in [0.1, 0.15) is 128 Å². The van der Waals surface area contributed by atoms with Crippen LogP contribution >= 0.6 is 0 Å². The second-order valence-electron chi connectivity index (χ2n) is 16.1. The van der Waals surface area contributed by atoms with Crippen molar-refractivity contribution in [3.63, 3.8) is 0 Å². The van der Waals surface area contributed by atoms with E-state index in [0.29, 0.717) is 64.9 Å². The van der Waals surface area contributed by atoms with Crippen molar-refractivity contribution in [3.8, 4) is 81.0 Å². The zero-order valence-electron chi connectivity index (χ0n) is 39.6. The molecule has 0 bridgehead atoms. The Kier molecular flexibility index (Phi) is 20.2. The predicted molar refractivity (Wildman–Crippen MR) is 255 cm³/mol. The molecular weight excluding hydrogens is 823 g/mol. The Morgan fingerprint density at radius 3 is 1.09 bits per heavy atom. The number of hydrogen-bond acceptors (Lipinski definition) is 12. The zero-order valence-corrected chi connectivity index (χ0v) is 39.6. The molecule has 3 aromatic carbocycles. The van der Waals surface area contributed by atoms with Crippen molar-refractivity contribution in [2.75, 3.05) is 19.8 Å². The minimum Gasteiger partial charge on any atom is -0.493 e. The number of carbonyl (C=O) groups excluding carboxylic acids is 3. The molecule has 0 radical (unpaired) electrons. The van der Waals surface area contributed by atoms with Crippen LogP contribution in [0, 0.1) is 33.1 Å². The smallest absolute Gasteiger partial charge is 0.389 e. The summed E-state index contributed by atoms with van der Waals surface area (Å²) in [6.07, 6.45) is 17.6. The summed E-state index contributed by atoms with van der Waals surface area (Å²) in [6.45, 7) is 23.9. The van der Waals surface area contributed by atoms with Crippen molar-refractivity contribution in [2.24, 2.45) is 0 Å². The Bertz CT molecular complexity index is 2270. The summed E-state index contributed by atoms with van der Waals surface area (Å²) < 4.78 is 36.5. The summed E-state index contributed by atoms with van der Waals surface area (Å²) in [7, 11) is 0. The lowest BCUT2D eigenvalue weighted by Crippen LogP contribution is -2.13. The Morgan fingerprint density at radius 2 is 0.815 bits per heavy atom. The van der Waals surface area contributed by atoms with Gasteiger partial charge in [0.05, 0.1) is 36.5 Å². The lowest BCUT2D eigenvalue weighted by atomic mass is 10.0. The number of terminal acetylenes is 1. The van der Waals surface area contributed by atoms with Gasteiger partial charge >= 0.3 is 17.9 Å². The molecule has 1 aromatic heterocycles. The van der Waals surface area contributed by atoms with Crippen molar-refractivity contribution < 1.29 is 42.8 Å². The van der Waals surface area contributed by atoms with Gasteiger partial charge in [0.15, 0.2) is 17.5 Å². The molecule has 346 valence electrons. The molecule has 0 fully saturated rings. The van der Waals surface area contributed by atoms with Crippen LogP contribution in [0.15, 0.2) is 60.7 Å². The second-order valence-corrected chi connectivity index (χ2v) is 16.1. The Balaban J connectivity index is 2.05. The molecule has 65 heavy (non-hydrogen) atoms. The third kappa shape index (κ3) is 14.3. The van der Waals surface area contributed by atoms with Crippen molar-refractivity contribution in [1.82, 2.24) is 15.0 Å². The number of esters is 3. The van der Waals surface area contributed by atoms with Crippen LogP contribution in [0.5, 0.6) is 34.5 Å². The van der Waals surface area contributed by atoms with Crippen LogP contribution in [0.3, 0.4) is 0 Å². The van der Waals surface area contributed by atoms with Crippen LogP contribution < -0.4 is 28.4 Å². The molecule has 0 atom stereocenters. The van der Waals surface area contributed by atoms with E-state index in [1.54, 1.807) is 71.0 Å². The minimum absolute atomic E-state index is 0.0552. The molecule has 4 aromatic rings. The SMILES string of the molecule is C#CC(=O)Oc1c(-c2nc(-c3ccc(OCCCCCC)c(C)c3OC(=O)C(=C)C)nc(-c3ccc(OCCCCCC)c(C)c3OC(=O)C(=C)C)n2)ccc(OCCCCCC)c1C. The molecule has 4 rings (SSSR count). The summed E-state index contributed by atoms with van der Waals surface area (Å²) in [6, 6.07) is 10.4. The average molecular weight is 888 g/mol. The number of nitrogens with zero attached hydrogens (tertiary/aromatic N) is 3. The van der Waals surface area contributed by atoms with Crippen LogP contribution in [-0.4, -0.2) is 52.7 Å². The number of rotatable bonds is 26. The fourth-order valence-corrected chi connectivity index (χ4v) is 6.76. The first-order valence-electron chi connectivity index (χ1n) is 22.8. The minimum atomic E-state index is -0.936. The Labute approximate surface area is 385 Å². The van der Waals surface area contributed by atoms with Crippen molar-refractivity contribution >= 4 is 17.9 Å². The van der Waals surface area contributed by atoms with E-state index in [0.717, 1.165) is 77.0 Å². The highest BCUT2D eigenvalue weighted by Crippen LogP contribution is 2.43. The Hall–Kier alpha value is -6.48. The van der Waals surface area contributed by atoms with Crippen LogP contribution in [0.25, 0.3) is 34.2 Å². The number of ether oxygens (including phenoxy) is 6. The number of carbonyl (C=O) groups is 3. The molecule has 12 heteroatoms. The quantitative estimate of drug-likeness (QED) is 0.0148. The van der Waals surface area contributed by atoms with Gasteiger partial charge in [0, 0.05) is 33.8 Å². The van der Waals surface area contributed by atoms with E-state index >= 15 is 0 Å². The topological polar surface area (TPSA) is 145 Å². The van der Waals surface area contributed by atoms with Crippen molar-refractivity contribution in [3.05, 3.63) is 77.4 Å². The van der Waals surface area contributed by atoms with Gasteiger partial charge in [-0.1, -0.05) is 91.7 Å². The zero-order chi connectivity index (χ0) is 47.5. The normalized spacial score (nSPS) is 10.8. The largest absolute Gasteiger partial charge is 0.493 e. The van der Waals surface area contributed by atoms with Crippen LogP contribution in [0.4, 0.5) is 0 Å². The third-order valence-corrected chi connectivity index (χ3v) is 10.6. The van der Waals surface area contributed by atoms with Gasteiger partial charge in [-0.15, -0.1) is 6.42 Å². The fraction of sp³-hybridized carbons (Fsp3) is 0.434. The molecule has 0 spiro atoms. The lowest BCUT2D eigenvalue weighted by molar-refractivity contribution is -0.130. The highest BCUT2D eigenvalue weighted by molar-refractivity contribution is 5.93. The summed E-state index contributed by atoms with van der Waals surface area (Å²) in [5, 5.41) is 0. The van der Waals surface area contributed by atoms with Gasteiger partial charge in [-0.2, -0.15) is 0 Å². The maximum atomic E-state index is 13.3. The molecule has 0 saturated heterocycles. The number of benzene rings is 3. The maximum Gasteiger partial charge on any atom is 0.389 e. The van der Waals surface area contributed by atoms with Gasteiger partial charge in [-0.3, -0.25) is 0 Å². The highest BCUT2D eigenvalue weighted by Gasteiger charge is 2.27. The van der Waals surface area contributed by atoms with Crippen molar-refractivity contribution in [2.45, 2.75) is 132 Å². The number of unbranched alkanes of at least 4 members (excludes halogenated alkanes) is 9. The molecule has 0 aliphatic heterocycles. The van der Waals surface area contributed by atoms with Gasteiger partial charge in [-0.05, 0) is 90.3 Å². The van der Waals surface area contributed by atoms with Gasteiger partial charge in [-0.25, -0.2) is 29.3 Å². The highest BCUT2D eigenvalue weighted by atomic mass is 16.5. The first-order chi connectivity index (χ1) is 31.3.